The fourth-order valence-electron chi connectivity index (χ4n) is 3.18. The lowest BCUT2D eigenvalue weighted by Gasteiger charge is -2.25. The molecular formula is C22H22N4O6. The molecule has 2 unspecified atom stereocenters. The van der Waals surface area contributed by atoms with E-state index in [-0.39, 0.29) is 0 Å². The highest BCUT2D eigenvalue weighted by Gasteiger charge is 2.32. The number of aromatic nitrogens is 1. The molecule has 3 amide bonds. The van der Waals surface area contributed by atoms with Crippen molar-refractivity contribution in [3.8, 4) is 17.1 Å². The van der Waals surface area contributed by atoms with Crippen LogP contribution in [0, 0.1) is 0 Å². The molecule has 0 aliphatic carbocycles. The molecule has 10 heteroatoms. The van der Waals surface area contributed by atoms with Gasteiger partial charge in [0.25, 0.3) is 5.91 Å². The van der Waals surface area contributed by atoms with Gasteiger partial charge in [-0.1, -0.05) is 24.3 Å². The van der Waals surface area contributed by atoms with Crippen LogP contribution in [0.3, 0.4) is 0 Å². The zero-order valence-corrected chi connectivity index (χ0v) is 17.4. The molecule has 0 radical (unpaired) electrons. The number of amides is 3. The first kappa shape index (κ1) is 22.5. The number of nitrogens with zero attached hydrogens (tertiary/aromatic N) is 2. The number of hydrogen-bond acceptors (Lipinski definition) is 6. The molecule has 0 saturated heterocycles. The summed E-state index contributed by atoms with van der Waals surface area (Å²) >= 11 is 0. The highest BCUT2D eigenvalue weighted by Crippen LogP contribution is 2.25. The van der Waals surface area contributed by atoms with Gasteiger partial charge in [-0.3, -0.25) is 14.4 Å². The number of carboxylic acids is 1. The standard InChI is InChI=1S/C22H22N4O6/c1-26-10-9-17(27)20(21(26)30)25-22(31)24-16(12-19(28)29)14-6-3-5-13(11-14)15-7-4-8-18(23-15)32-2/h3-11,16,20H,12H2,1-2H3,(H,28,29)(H2,24,25,31). The van der Waals surface area contributed by atoms with Crippen LogP contribution in [0.2, 0.25) is 0 Å². The van der Waals surface area contributed by atoms with Crippen molar-refractivity contribution in [3.05, 3.63) is 60.3 Å². The zero-order chi connectivity index (χ0) is 23.3. The third-order valence-electron chi connectivity index (χ3n) is 4.82. The molecule has 0 fully saturated rings. The van der Waals surface area contributed by atoms with E-state index in [4.69, 9.17) is 4.74 Å². The average Bonchev–Trinajstić information content (AvgIpc) is 2.78. The number of nitrogens with one attached hydrogen (secondary N) is 2. The maximum atomic E-state index is 12.5. The van der Waals surface area contributed by atoms with E-state index in [9.17, 15) is 24.3 Å². The first-order chi connectivity index (χ1) is 15.3. The number of hydrogen-bond donors (Lipinski definition) is 3. The van der Waals surface area contributed by atoms with Crippen molar-refractivity contribution in [3.63, 3.8) is 0 Å². The Balaban J connectivity index is 1.81. The number of likely N-dealkylation sites (N-methyl/N-ethyl adjacent to an activating group) is 1. The number of methoxy groups -OCH3 is 1. The normalized spacial score (nSPS) is 16.4. The van der Waals surface area contributed by atoms with Crippen LogP contribution in [0.1, 0.15) is 18.0 Å². The summed E-state index contributed by atoms with van der Waals surface area (Å²) < 4.78 is 5.14. The van der Waals surface area contributed by atoms with Crippen LogP contribution < -0.4 is 15.4 Å². The Hall–Kier alpha value is -4.21. The van der Waals surface area contributed by atoms with Gasteiger partial charge in [0, 0.05) is 31.0 Å². The number of ether oxygens (including phenoxy) is 1. The van der Waals surface area contributed by atoms with Crippen molar-refractivity contribution in [2.24, 2.45) is 0 Å². The number of urea groups is 1. The van der Waals surface area contributed by atoms with E-state index in [0.29, 0.717) is 22.7 Å². The number of rotatable bonds is 7. The van der Waals surface area contributed by atoms with Crippen LogP contribution in [0.25, 0.3) is 11.3 Å². The number of pyridine rings is 1. The van der Waals surface area contributed by atoms with E-state index in [1.54, 1.807) is 42.5 Å². The third kappa shape index (κ3) is 5.28. The number of carbonyl (C=O) groups excluding carboxylic acids is 3. The molecule has 1 aromatic heterocycles. The summed E-state index contributed by atoms with van der Waals surface area (Å²) in [6, 6.07) is 9.02. The van der Waals surface area contributed by atoms with Crippen molar-refractivity contribution >= 4 is 23.7 Å². The summed E-state index contributed by atoms with van der Waals surface area (Å²) in [6.07, 6.45) is 2.09. The van der Waals surface area contributed by atoms with Gasteiger partial charge in [0.15, 0.2) is 11.8 Å². The molecule has 2 atom stereocenters. The fraction of sp³-hybridized carbons (Fsp3) is 0.227. The molecule has 32 heavy (non-hydrogen) atoms. The molecule has 3 rings (SSSR count). The maximum absolute atomic E-state index is 12.5. The van der Waals surface area contributed by atoms with Gasteiger partial charge in [0.1, 0.15) is 0 Å². The first-order valence-corrected chi connectivity index (χ1v) is 9.67. The van der Waals surface area contributed by atoms with Gasteiger partial charge < -0.3 is 25.4 Å². The number of benzene rings is 1. The van der Waals surface area contributed by atoms with Crippen molar-refractivity contribution in [2.75, 3.05) is 14.2 Å². The van der Waals surface area contributed by atoms with Crippen LogP contribution in [0.4, 0.5) is 4.79 Å². The predicted molar refractivity (Wildman–Crippen MR) is 114 cm³/mol. The molecule has 0 saturated carbocycles. The first-order valence-electron chi connectivity index (χ1n) is 9.67. The highest BCUT2D eigenvalue weighted by molar-refractivity contribution is 6.14. The van der Waals surface area contributed by atoms with Crippen LogP contribution in [0.5, 0.6) is 5.88 Å². The second-order valence-electron chi connectivity index (χ2n) is 7.06. The lowest BCUT2D eigenvalue weighted by molar-refractivity contribution is -0.138. The number of ketones is 1. The molecular weight excluding hydrogens is 416 g/mol. The minimum absolute atomic E-state index is 0.408. The molecule has 10 nitrogen and oxygen atoms in total. The minimum atomic E-state index is -1.37. The second kappa shape index (κ2) is 9.73. The van der Waals surface area contributed by atoms with Gasteiger partial charge in [-0.05, 0) is 17.7 Å². The lowest BCUT2D eigenvalue weighted by Crippen LogP contribution is -2.55. The molecule has 0 bridgehead atoms. The fourth-order valence-corrected chi connectivity index (χ4v) is 3.18. The quantitative estimate of drug-likeness (QED) is 0.557. The Bertz CT molecular complexity index is 1080. The second-order valence-corrected chi connectivity index (χ2v) is 7.06. The molecule has 0 spiro atoms. The number of aliphatic carboxylic acids is 1. The van der Waals surface area contributed by atoms with Crippen LogP contribution in [0.15, 0.2) is 54.7 Å². The van der Waals surface area contributed by atoms with E-state index in [2.05, 4.69) is 15.6 Å². The summed E-state index contributed by atoms with van der Waals surface area (Å²) in [7, 11) is 2.96. The monoisotopic (exact) mass is 438 g/mol. The minimum Gasteiger partial charge on any atom is -0.481 e. The van der Waals surface area contributed by atoms with E-state index < -0.39 is 42.2 Å². The molecule has 2 aromatic rings. The number of carbonyl (C=O) groups is 4. The highest BCUT2D eigenvalue weighted by atomic mass is 16.5. The van der Waals surface area contributed by atoms with Gasteiger partial charge in [-0.25, -0.2) is 9.78 Å². The summed E-state index contributed by atoms with van der Waals surface area (Å²) in [4.78, 5) is 53.6. The summed E-state index contributed by atoms with van der Waals surface area (Å²) in [6.45, 7) is 0. The van der Waals surface area contributed by atoms with Crippen molar-refractivity contribution in [1.29, 1.82) is 0 Å². The lowest BCUT2D eigenvalue weighted by atomic mass is 10.00. The van der Waals surface area contributed by atoms with E-state index in [1.165, 1.54) is 31.3 Å². The molecule has 1 aliphatic rings. The SMILES string of the molecule is COc1cccc(-c2cccc(C(CC(=O)O)NC(=O)NC3C(=O)C=CN(C)C3=O)c2)n1. The van der Waals surface area contributed by atoms with Gasteiger partial charge in [0.2, 0.25) is 5.88 Å². The van der Waals surface area contributed by atoms with Crippen molar-refractivity contribution < 1.29 is 29.0 Å². The Morgan fingerprint density at radius 3 is 2.69 bits per heavy atom. The smallest absolute Gasteiger partial charge is 0.316 e. The van der Waals surface area contributed by atoms with Crippen LogP contribution in [-0.2, 0) is 14.4 Å². The maximum Gasteiger partial charge on any atom is 0.316 e. The molecule has 2 heterocycles. The number of carboxylic acid groups (broad SMARTS) is 1. The molecule has 166 valence electrons. The Morgan fingerprint density at radius 1 is 1.22 bits per heavy atom. The van der Waals surface area contributed by atoms with Gasteiger partial charge in [-0.2, -0.15) is 0 Å². The van der Waals surface area contributed by atoms with E-state index in [0.717, 1.165) is 0 Å². The summed E-state index contributed by atoms with van der Waals surface area (Å²) in [5, 5.41) is 14.2. The van der Waals surface area contributed by atoms with E-state index >= 15 is 0 Å². The Labute approximate surface area is 183 Å². The molecule has 1 aromatic carbocycles. The van der Waals surface area contributed by atoms with Crippen molar-refractivity contribution in [1.82, 2.24) is 20.5 Å². The van der Waals surface area contributed by atoms with Gasteiger partial charge in [0.05, 0.1) is 25.3 Å². The Kier molecular flexibility index (Phi) is 6.83. The topological polar surface area (TPSA) is 138 Å². The zero-order valence-electron chi connectivity index (χ0n) is 17.4. The van der Waals surface area contributed by atoms with Crippen LogP contribution in [-0.4, -0.2) is 58.9 Å². The third-order valence-corrected chi connectivity index (χ3v) is 4.82. The Morgan fingerprint density at radius 2 is 1.97 bits per heavy atom. The summed E-state index contributed by atoms with van der Waals surface area (Å²) in [5.41, 5.74) is 1.82. The molecule has 3 N–H and O–H groups in total. The predicted octanol–water partition coefficient (Wildman–Crippen LogP) is 1.50. The average molecular weight is 438 g/mol. The van der Waals surface area contributed by atoms with Gasteiger partial charge >= 0.3 is 12.0 Å². The van der Waals surface area contributed by atoms with Gasteiger partial charge in [-0.15, -0.1) is 0 Å². The summed E-state index contributed by atoms with van der Waals surface area (Å²) in [5.74, 6) is -1.86. The van der Waals surface area contributed by atoms with Crippen molar-refractivity contribution in [2.45, 2.75) is 18.5 Å². The van der Waals surface area contributed by atoms with Crippen LogP contribution >= 0.6 is 0 Å². The molecule has 1 aliphatic heterocycles. The van der Waals surface area contributed by atoms with E-state index in [1.807, 2.05) is 0 Å². The largest absolute Gasteiger partial charge is 0.481 e.